The molecule has 2 aromatic carbocycles. The molecule has 0 saturated carbocycles. The van der Waals surface area contributed by atoms with Crippen LogP contribution in [0.5, 0.6) is 0 Å². The Hall–Kier alpha value is -2.62. The maximum Gasteiger partial charge on any atom is 0.278 e. The van der Waals surface area contributed by atoms with Gasteiger partial charge >= 0.3 is 0 Å². The van der Waals surface area contributed by atoms with E-state index in [4.69, 9.17) is 0 Å². The van der Waals surface area contributed by atoms with Gasteiger partial charge in [0.15, 0.2) is 9.84 Å². The van der Waals surface area contributed by atoms with Crippen LogP contribution in [0.3, 0.4) is 0 Å². The standard InChI is InChI=1S/C17H18N2O6S/c1-12-2-4-16(5-3-12)26(24,25)11-18-8-13-6-14(9-20)15(10-21)7-17(13)19(22)23/h2-8,20-21H,9-11H2,1H3. The summed E-state index contributed by atoms with van der Waals surface area (Å²) in [7, 11) is -3.67. The summed E-state index contributed by atoms with van der Waals surface area (Å²) in [6, 6.07) is 8.74. The second-order valence-corrected chi connectivity index (χ2v) is 7.58. The number of benzene rings is 2. The topological polar surface area (TPSA) is 130 Å². The first-order chi connectivity index (χ1) is 12.3. The van der Waals surface area contributed by atoms with E-state index >= 15 is 0 Å². The maximum absolute atomic E-state index is 12.3. The van der Waals surface area contributed by atoms with Gasteiger partial charge in [-0.1, -0.05) is 17.7 Å². The number of sulfone groups is 1. The van der Waals surface area contributed by atoms with Gasteiger partial charge in [-0.15, -0.1) is 0 Å². The quantitative estimate of drug-likeness (QED) is 0.429. The smallest absolute Gasteiger partial charge is 0.278 e. The van der Waals surface area contributed by atoms with Gasteiger partial charge in [-0.05, 0) is 36.2 Å². The average molecular weight is 378 g/mol. The third kappa shape index (κ3) is 4.51. The van der Waals surface area contributed by atoms with Gasteiger partial charge in [-0.2, -0.15) is 0 Å². The summed E-state index contributed by atoms with van der Waals surface area (Å²) in [5.41, 5.74) is 1.17. The first kappa shape index (κ1) is 19.7. The number of hydrogen-bond acceptors (Lipinski definition) is 7. The Morgan fingerprint density at radius 1 is 1.12 bits per heavy atom. The fourth-order valence-corrected chi connectivity index (χ4v) is 3.28. The molecule has 0 bridgehead atoms. The Morgan fingerprint density at radius 3 is 2.23 bits per heavy atom. The molecule has 0 spiro atoms. The summed E-state index contributed by atoms with van der Waals surface area (Å²) in [5, 5.41) is 29.7. The monoisotopic (exact) mass is 378 g/mol. The highest BCUT2D eigenvalue weighted by Gasteiger charge is 2.17. The zero-order valence-electron chi connectivity index (χ0n) is 14.0. The SMILES string of the molecule is Cc1ccc(S(=O)(=O)CN=Cc2cc(CO)c(CO)cc2[N+](=O)[O-])cc1. The molecule has 0 saturated heterocycles. The Balaban J connectivity index is 2.32. The van der Waals surface area contributed by atoms with Gasteiger partial charge in [0.1, 0.15) is 5.88 Å². The Kier molecular flexibility index (Phi) is 6.19. The zero-order chi connectivity index (χ0) is 19.3. The normalized spacial score (nSPS) is 11.8. The Labute approximate surface area is 150 Å². The van der Waals surface area contributed by atoms with Crippen LogP contribution in [0.1, 0.15) is 22.3 Å². The molecule has 0 unspecified atom stereocenters. The van der Waals surface area contributed by atoms with Crippen molar-refractivity contribution in [2.45, 2.75) is 25.0 Å². The third-order valence-corrected chi connectivity index (χ3v) is 5.22. The minimum absolute atomic E-state index is 0.0513. The minimum Gasteiger partial charge on any atom is -0.392 e. The van der Waals surface area contributed by atoms with E-state index in [9.17, 15) is 28.7 Å². The van der Waals surface area contributed by atoms with Crippen molar-refractivity contribution in [2.75, 3.05) is 5.88 Å². The summed E-state index contributed by atoms with van der Waals surface area (Å²) in [6.07, 6.45) is 1.09. The largest absolute Gasteiger partial charge is 0.392 e. The number of aryl methyl sites for hydroxylation is 1. The van der Waals surface area contributed by atoms with Crippen LogP contribution in [0.2, 0.25) is 0 Å². The van der Waals surface area contributed by atoms with Crippen LogP contribution in [-0.4, -0.2) is 35.6 Å². The number of rotatable bonds is 7. The lowest BCUT2D eigenvalue weighted by Gasteiger charge is -2.07. The second kappa shape index (κ2) is 8.17. The highest BCUT2D eigenvalue weighted by molar-refractivity contribution is 7.91. The predicted octanol–water partition coefficient (Wildman–Crippen LogP) is 1.74. The Bertz CT molecular complexity index is 936. The van der Waals surface area contributed by atoms with Gasteiger partial charge < -0.3 is 10.2 Å². The maximum atomic E-state index is 12.3. The van der Waals surface area contributed by atoms with E-state index in [1.165, 1.54) is 18.2 Å². The van der Waals surface area contributed by atoms with Crippen LogP contribution < -0.4 is 0 Å². The predicted molar refractivity (Wildman–Crippen MR) is 95.8 cm³/mol. The number of aliphatic imine (C=N–C) groups is 1. The average Bonchev–Trinajstić information content (AvgIpc) is 2.61. The summed E-state index contributed by atoms with van der Waals surface area (Å²) in [4.78, 5) is 14.5. The molecule has 0 heterocycles. The van der Waals surface area contributed by atoms with Crippen molar-refractivity contribution in [3.8, 4) is 0 Å². The number of nitro groups is 1. The fraction of sp³-hybridized carbons (Fsp3) is 0.235. The van der Waals surface area contributed by atoms with Crippen molar-refractivity contribution in [2.24, 2.45) is 4.99 Å². The van der Waals surface area contributed by atoms with Crippen molar-refractivity contribution in [3.05, 3.63) is 68.8 Å². The van der Waals surface area contributed by atoms with Gasteiger partial charge in [0.2, 0.25) is 0 Å². The van der Waals surface area contributed by atoms with Crippen molar-refractivity contribution in [3.63, 3.8) is 0 Å². The molecule has 0 fully saturated rings. The molecule has 0 radical (unpaired) electrons. The summed E-state index contributed by atoms with van der Waals surface area (Å²) in [6.45, 7) is 0.953. The van der Waals surface area contributed by atoms with Gasteiger partial charge in [0.05, 0.1) is 28.6 Å². The summed E-state index contributed by atoms with van der Waals surface area (Å²) >= 11 is 0. The Morgan fingerprint density at radius 2 is 1.69 bits per heavy atom. The van der Waals surface area contributed by atoms with Crippen molar-refractivity contribution >= 4 is 21.7 Å². The van der Waals surface area contributed by atoms with Crippen LogP contribution in [0.4, 0.5) is 5.69 Å². The van der Waals surface area contributed by atoms with Crippen molar-refractivity contribution in [1.29, 1.82) is 0 Å². The summed E-state index contributed by atoms with van der Waals surface area (Å²) < 4.78 is 24.5. The minimum atomic E-state index is -3.67. The van der Waals surface area contributed by atoms with E-state index in [0.717, 1.165) is 17.8 Å². The highest BCUT2D eigenvalue weighted by atomic mass is 32.2. The van der Waals surface area contributed by atoms with E-state index in [1.54, 1.807) is 12.1 Å². The molecule has 26 heavy (non-hydrogen) atoms. The summed E-state index contributed by atoms with van der Waals surface area (Å²) in [5.74, 6) is -0.566. The van der Waals surface area contributed by atoms with E-state index in [-0.39, 0.29) is 21.7 Å². The van der Waals surface area contributed by atoms with Crippen LogP contribution >= 0.6 is 0 Å². The van der Waals surface area contributed by atoms with Gasteiger partial charge in [-0.3, -0.25) is 15.1 Å². The molecule has 0 aliphatic heterocycles. The molecule has 0 amide bonds. The van der Waals surface area contributed by atoms with Crippen molar-refractivity contribution in [1.82, 2.24) is 0 Å². The number of aliphatic hydroxyl groups is 2. The van der Waals surface area contributed by atoms with Gasteiger partial charge in [0.25, 0.3) is 5.69 Å². The molecule has 0 atom stereocenters. The lowest BCUT2D eigenvalue weighted by Crippen LogP contribution is -2.06. The van der Waals surface area contributed by atoms with Crippen LogP contribution in [0, 0.1) is 17.0 Å². The number of hydrogen-bond donors (Lipinski definition) is 2. The second-order valence-electron chi connectivity index (χ2n) is 5.62. The van der Waals surface area contributed by atoms with E-state index in [2.05, 4.69) is 4.99 Å². The number of aliphatic hydroxyl groups excluding tert-OH is 2. The number of nitrogens with zero attached hydrogens (tertiary/aromatic N) is 2. The van der Waals surface area contributed by atoms with Crippen molar-refractivity contribution < 1.29 is 23.6 Å². The highest BCUT2D eigenvalue weighted by Crippen LogP contribution is 2.23. The van der Waals surface area contributed by atoms with Crippen LogP contribution in [-0.2, 0) is 23.1 Å². The van der Waals surface area contributed by atoms with E-state index in [0.29, 0.717) is 5.56 Å². The molecule has 2 N–H and O–H groups in total. The first-order valence-corrected chi connectivity index (χ1v) is 9.25. The lowest BCUT2D eigenvalue weighted by atomic mass is 10.0. The van der Waals surface area contributed by atoms with Crippen LogP contribution in [0.15, 0.2) is 46.3 Å². The van der Waals surface area contributed by atoms with E-state index < -0.39 is 33.9 Å². The molecule has 0 aliphatic carbocycles. The van der Waals surface area contributed by atoms with Gasteiger partial charge in [-0.25, -0.2) is 8.42 Å². The zero-order valence-corrected chi connectivity index (χ0v) is 14.8. The molecule has 8 nitrogen and oxygen atoms in total. The third-order valence-electron chi connectivity index (χ3n) is 3.74. The lowest BCUT2D eigenvalue weighted by molar-refractivity contribution is -0.385. The molecule has 138 valence electrons. The van der Waals surface area contributed by atoms with Gasteiger partial charge in [0, 0.05) is 12.3 Å². The molecule has 9 heteroatoms. The molecular formula is C17H18N2O6S. The molecule has 2 aromatic rings. The molecule has 0 aromatic heterocycles. The van der Waals surface area contributed by atoms with E-state index in [1.807, 2.05) is 6.92 Å². The molecule has 2 rings (SSSR count). The fourth-order valence-electron chi connectivity index (χ4n) is 2.31. The van der Waals surface area contributed by atoms with Crippen LogP contribution in [0.25, 0.3) is 0 Å². The number of nitro benzene ring substituents is 1. The first-order valence-electron chi connectivity index (χ1n) is 7.59. The molecular weight excluding hydrogens is 360 g/mol. The molecule has 0 aliphatic rings.